The van der Waals surface area contributed by atoms with Crippen LogP contribution in [0.1, 0.15) is 12.5 Å². The second-order valence-electron chi connectivity index (χ2n) is 3.60. The predicted octanol–water partition coefficient (Wildman–Crippen LogP) is 1.52. The van der Waals surface area contributed by atoms with Crippen LogP contribution in [0.25, 0.3) is 0 Å². The summed E-state index contributed by atoms with van der Waals surface area (Å²) in [5.74, 6) is 0.626. The maximum Gasteiger partial charge on any atom is 0.167 e. The molecule has 3 nitrogen and oxygen atoms in total. The Kier molecular flexibility index (Phi) is 2.77. The molecule has 0 spiro atoms. The summed E-state index contributed by atoms with van der Waals surface area (Å²) in [5, 5.41) is 9.27. The smallest absolute Gasteiger partial charge is 0.167 e. The number of aliphatic hydroxyl groups excluding tert-OH is 1. The lowest BCUT2D eigenvalue weighted by Gasteiger charge is -2.21. The lowest BCUT2D eigenvalue weighted by molar-refractivity contribution is 0.162. The first-order valence-corrected chi connectivity index (χ1v) is 4.93. The molecule has 0 amide bonds. The van der Waals surface area contributed by atoms with E-state index in [4.69, 9.17) is 9.47 Å². The Bertz CT molecular complexity index is 363. The fourth-order valence-corrected chi connectivity index (χ4v) is 1.64. The average molecular weight is 212 g/mol. The zero-order valence-electron chi connectivity index (χ0n) is 8.50. The third-order valence-corrected chi connectivity index (χ3v) is 2.25. The van der Waals surface area contributed by atoms with Crippen molar-refractivity contribution in [1.29, 1.82) is 0 Å². The van der Waals surface area contributed by atoms with E-state index in [1.165, 1.54) is 6.07 Å². The van der Waals surface area contributed by atoms with Crippen molar-refractivity contribution < 1.29 is 19.0 Å². The van der Waals surface area contributed by atoms with Crippen molar-refractivity contribution in [2.45, 2.75) is 19.4 Å². The van der Waals surface area contributed by atoms with Gasteiger partial charge in [-0.3, -0.25) is 0 Å². The van der Waals surface area contributed by atoms with Gasteiger partial charge >= 0.3 is 0 Å². The number of benzene rings is 1. The number of fused-ring (bicyclic) bond motifs is 1. The summed E-state index contributed by atoms with van der Waals surface area (Å²) in [6, 6.07) is 2.89. The van der Waals surface area contributed by atoms with Crippen LogP contribution >= 0.6 is 0 Å². The Hall–Kier alpha value is -1.29. The van der Waals surface area contributed by atoms with Crippen molar-refractivity contribution in [3.63, 3.8) is 0 Å². The van der Waals surface area contributed by atoms with Gasteiger partial charge in [-0.15, -0.1) is 0 Å². The van der Waals surface area contributed by atoms with E-state index in [9.17, 15) is 9.50 Å². The Labute approximate surface area is 87.4 Å². The summed E-state index contributed by atoms with van der Waals surface area (Å²) in [5.41, 5.74) is 0.391. The zero-order chi connectivity index (χ0) is 10.8. The van der Waals surface area contributed by atoms with Crippen molar-refractivity contribution >= 4 is 0 Å². The minimum absolute atomic E-state index is 0.234. The maximum absolute atomic E-state index is 13.5. The van der Waals surface area contributed by atoms with Crippen LogP contribution in [0.5, 0.6) is 11.5 Å². The lowest BCUT2D eigenvalue weighted by Crippen LogP contribution is -2.18. The van der Waals surface area contributed by atoms with Gasteiger partial charge < -0.3 is 14.6 Å². The first-order valence-electron chi connectivity index (χ1n) is 4.93. The third kappa shape index (κ3) is 2.04. The molecule has 15 heavy (non-hydrogen) atoms. The first-order chi connectivity index (χ1) is 7.18. The van der Waals surface area contributed by atoms with Crippen LogP contribution in [-0.2, 0) is 6.42 Å². The summed E-state index contributed by atoms with van der Waals surface area (Å²) in [6.45, 7) is 2.51. The van der Waals surface area contributed by atoms with Gasteiger partial charge in [-0.25, -0.2) is 4.39 Å². The van der Waals surface area contributed by atoms with E-state index in [0.717, 1.165) is 0 Å². The van der Waals surface area contributed by atoms with E-state index >= 15 is 0 Å². The van der Waals surface area contributed by atoms with Crippen molar-refractivity contribution in [3.05, 3.63) is 23.5 Å². The molecule has 1 N–H and O–H groups in total. The van der Waals surface area contributed by atoms with Crippen molar-refractivity contribution in [2.75, 3.05) is 13.2 Å². The van der Waals surface area contributed by atoms with E-state index in [0.29, 0.717) is 30.3 Å². The standard InChI is InChI=1S/C11H13FO3/c1-7(13)6-8-9(12)2-3-10-11(8)15-5-4-14-10/h2-3,7,13H,4-6H2,1H3. The largest absolute Gasteiger partial charge is 0.486 e. The Morgan fingerprint density at radius 1 is 1.40 bits per heavy atom. The van der Waals surface area contributed by atoms with Gasteiger partial charge in [-0.05, 0) is 19.1 Å². The van der Waals surface area contributed by atoms with E-state index in [1.807, 2.05) is 0 Å². The van der Waals surface area contributed by atoms with Crippen LogP contribution in [0, 0.1) is 5.82 Å². The number of ether oxygens (including phenoxy) is 2. The Morgan fingerprint density at radius 3 is 2.87 bits per heavy atom. The van der Waals surface area contributed by atoms with Crippen molar-refractivity contribution in [3.8, 4) is 11.5 Å². The molecule has 1 atom stereocenters. The summed E-state index contributed by atoms with van der Waals surface area (Å²) in [4.78, 5) is 0. The van der Waals surface area contributed by atoms with Crippen LogP contribution in [0.15, 0.2) is 12.1 Å². The van der Waals surface area contributed by atoms with Crippen LogP contribution in [0.4, 0.5) is 4.39 Å². The SMILES string of the molecule is CC(O)Cc1c(F)ccc2c1OCCO2. The summed E-state index contributed by atoms with van der Waals surface area (Å²) in [6.07, 6.45) is -0.366. The number of aliphatic hydroxyl groups is 1. The minimum atomic E-state index is -0.600. The number of hydrogen-bond acceptors (Lipinski definition) is 3. The molecule has 0 aromatic heterocycles. The highest BCUT2D eigenvalue weighted by molar-refractivity contribution is 5.48. The zero-order valence-corrected chi connectivity index (χ0v) is 8.50. The van der Waals surface area contributed by atoms with Crippen LogP contribution in [0.3, 0.4) is 0 Å². The minimum Gasteiger partial charge on any atom is -0.486 e. The van der Waals surface area contributed by atoms with Gasteiger partial charge in [-0.1, -0.05) is 0 Å². The topological polar surface area (TPSA) is 38.7 Å². The molecular formula is C11H13FO3. The highest BCUT2D eigenvalue weighted by Gasteiger charge is 2.20. The molecule has 0 radical (unpaired) electrons. The molecule has 82 valence electrons. The molecule has 1 aliphatic rings. The molecule has 2 rings (SSSR count). The fourth-order valence-electron chi connectivity index (χ4n) is 1.64. The van der Waals surface area contributed by atoms with Crippen molar-refractivity contribution in [2.24, 2.45) is 0 Å². The maximum atomic E-state index is 13.5. The van der Waals surface area contributed by atoms with Gasteiger partial charge in [-0.2, -0.15) is 0 Å². The van der Waals surface area contributed by atoms with Gasteiger partial charge in [0, 0.05) is 12.0 Å². The lowest BCUT2D eigenvalue weighted by atomic mass is 10.1. The molecule has 4 heteroatoms. The average Bonchev–Trinajstić information content (AvgIpc) is 2.22. The highest BCUT2D eigenvalue weighted by atomic mass is 19.1. The summed E-state index contributed by atoms with van der Waals surface area (Å²) < 4.78 is 24.2. The van der Waals surface area contributed by atoms with E-state index in [-0.39, 0.29) is 12.2 Å². The molecule has 0 saturated heterocycles. The number of hydrogen-bond donors (Lipinski definition) is 1. The van der Waals surface area contributed by atoms with Gasteiger partial charge in [0.1, 0.15) is 19.0 Å². The molecule has 0 saturated carbocycles. The first kappa shape index (κ1) is 10.2. The second kappa shape index (κ2) is 4.06. The quantitative estimate of drug-likeness (QED) is 0.807. The van der Waals surface area contributed by atoms with Gasteiger partial charge in [0.2, 0.25) is 0 Å². The normalized spacial score (nSPS) is 16.2. The molecule has 1 heterocycles. The van der Waals surface area contributed by atoms with Gasteiger partial charge in [0.15, 0.2) is 11.5 Å². The van der Waals surface area contributed by atoms with Gasteiger partial charge in [0.25, 0.3) is 0 Å². The second-order valence-corrected chi connectivity index (χ2v) is 3.60. The molecule has 0 aliphatic carbocycles. The third-order valence-electron chi connectivity index (χ3n) is 2.25. The fraction of sp³-hybridized carbons (Fsp3) is 0.455. The molecular weight excluding hydrogens is 199 g/mol. The van der Waals surface area contributed by atoms with E-state index in [2.05, 4.69) is 0 Å². The summed E-state index contributed by atoms with van der Waals surface area (Å²) in [7, 11) is 0. The van der Waals surface area contributed by atoms with E-state index < -0.39 is 6.10 Å². The van der Waals surface area contributed by atoms with Crippen LogP contribution in [-0.4, -0.2) is 24.4 Å². The predicted molar refractivity (Wildman–Crippen MR) is 52.8 cm³/mol. The summed E-state index contributed by atoms with van der Waals surface area (Å²) >= 11 is 0. The Balaban J connectivity index is 2.41. The molecule has 1 unspecified atom stereocenters. The highest BCUT2D eigenvalue weighted by Crippen LogP contribution is 2.35. The molecule has 0 bridgehead atoms. The molecule has 1 aromatic carbocycles. The van der Waals surface area contributed by atoms with E-state index in [1.54, 1.807) is 13.0 Å². The molecule has 1 aliphatic heterocycles. The monoisotopic (exact) mass is 212 g/mol. The number of halogens is 1. The van der Waals surface area contributed by atoms with Gasteiger partial charge in [0.05, 0.1) is 6.10 Å². The van der Waals surface area contributed by atoms with Crippen LogP contribution in [0.2, 0.25) is 0 Å². The Morgan fingerprint density at radius 2 is 2.13 bits per heavy atom. The van der Waals surface area contributed by atoms with Crippen molar-refractivity contribution in [1.82, 2.24) is 0 Å². The van der Waals surface area contributed by atoms with Crippen LogP contribution < -0.4 is 9.47 Å². The number of rotatable bonds is 2. The molecule has 1 aromatic rings. The molecule has 0 fully saturated rings.